The minimum atomic E-state index is 0.0745. The van der Waals surface area contributed by atoms with Gasteiger partial charge in [0.05, 0.1) is 0 Å². The molecule has 0 unspecified atom stereocenters. The van der Waals surface area contributed by atoms with E-state index in [2.05, 4.69) is 90.7 Å². The predicted octanol–water partition coefficient (Wildman–Crippen LogP) is 4.88. The Kier molecular flexibility index (Phi) is 7.05. The van der Waals surface area contributed by atoms with Crippen molar-refractivity contribution in [1.82, 2.24) is 4.90 Å². The number of rotatable bonds is 5. The zero-order valence-corrected chi connectivity index (χ0v) is 14.5. The summed E-state index contributed by atoms with van der Waals surface area (Å²) in [6.07, 6.45) is 4.11. The molecule has 1 rings (SSSR count). The summed E-state index contributed by atoms with van der Waals surface area (Å²) >= 11 is 3.51. The Bertz CT molecular complexity index is 500. The third kappa shape index (κ3) is 7.53. The lowest BCUT2D eigenvalue weighted by Crippen LogP contribution is -2.22. The molecule has 20 heavy (non-hydrogen) atoms. The van der Waals surface area contributed by atoms with Crippen LogP contribution < -0.4 is 0 Å². The minimum Gasteiger partial charge on any atom is -0.296 e. The number of likely N-dealkylation sites (N-methyl/N-ethyl adjacent to an activating group) is 1. The standard InChI is InChI=1S/C18H24BrN/c1-5-20(13-8-6-7-12-18(2,3)4)15-16-10-9-11-17(19)14-16/h6,8-11,14H,5,13,15H2,1-4H3. The molecule has 0 aliphatic carbocycles. The van der Waals surface area contributed by atoms with Crippen LogP contribution in [-0.2, 0) is 6.54 Å². The number of allylic oxidation sites excluding steroid dienone is 1. The molecule has 0 bridgehead atoms. The molecule has 0 aromatic heterocycles. The van der Waals surface area contributed by atoms with Gasteiger partial charge in [-0.15, -0.1) is 0 Å². The highest BCUT2D eigenvalue weighted by molar-refractivity contribution is 9.10. The quantitative estimate of drug-likeness (QED) is 0.694. The molecule has 0 fully saturated rings. The van der Waals surface area contributed by atoms with Crippen LogP contribution in [0.1, 0.15) is 33.3 Å². The molecule has 0 saturated heterocycles. The van der Waals surface area contributed by atoms with Crippen LogP contribution in [0.25, 0.3) is 0 Å². The first-order chi connectivity index (χ1) is 9.40. The Morgan fingerprint density at radius 1 is 1.30 bits per heavy atom. The number of hydrogen-bond donors (Lipinski definition) is 0. The first kappa shape index (κ1) is 17.0. The Morgan fingerprint density at radius 2 is 2.05 bits per heavy atom. The molecule has 0 aliphatic rings. The monoisotopic (exact) mass is 333 g/mol. The lowest BCUT2D eigenvalue weighted by atomic mass is 9.98. The van der Waals surface area contributed by atoms with E-state index in [1.165, 1.54) is 5.56 Å². The number of nitrogens with zero attached hydrogens (tertiary/aromatic N) is 1. The summed E-state index contributed by atoms with van der Waals surface area (Å²) in [6, 6.07) is 8.47. The highest BCUT2D eigenvalue weighted by atomic mass is 79.9. The smallest absolute Gasteiger partial charge is 0.0237 e. The second-order valence-electron chi connectivity index (χ2n) is 5.88. The summed E-state index contributed by atoms with van der Waals surface area (Å²) in [4.78, 5) is 2.39. The second kappa shape index (κ2) is 8.29. The fourth-order valence-corrected chi connectivity index (χ4v) is 2.16. The first-order valence-electron chi connectivity index (χ1n) is 7.05. The molecule has 0 N–H and O–H groups in total. The molecule has 0 saturated carbocycles. The molecule has 0 aliphatic heterocycles. The van der Waals surface area contributed by atoms with E-state index in [-0.39, 0.29) is 5.41 Å². The normalized spacial score (nSPS) is 11.7. The van der Waals surface area contributed by atoms with Crippen molar-refractivity contribution in [1.29, 1.82) is 0 Å². The fourth-order valence-electron chi connectivity index (χ4n) is 1.72. The molecular weight excluding hydrogens is 310 g/mol. The third-order valence-electron chi connectivity index (χ3n) is 2.75. The average molecular weight is 334 g/mol. The van der Waals surface area contributed by atoms with Crippen LogP contribution in [0.3, 0.4) is 0 Å². The third-order valence-corrected chi connectivity index (χ3v) is 3.25. The van der Waals surface area contributed by atoms with Gasteiger partial charge in [-0.05, 0) is 51.1 Å². The predicted molar refractivity (Wildman–Crippen MR) is 91.5 cm³/mol. The second-order valence-corrected chi connectivity index (χ2v) is 6.80. The van der Waals surface area contributed by atoms with Gasteiger partial charge in [0, 0.05) is 23.0 Å². The van der Waals surface area contributed by atoms with Crippen molar-refractivity contribution >= 4 is 15.9 Å². The minimum absolute atomic E-state index is 0.0745. The van der Waals surface area contributed by atoms with Gasteiger partial charge in [-0.1, -0.05) is 52.9 Å². The maximum atomic E-state index is 3.51. The maximum absolute atomic E-state index is 3.51. The van der Waals surface area contributed by atoms with Gasteiger partial charge in [0.1, 0.15) is 0 Å². The molecule has 0 spiro atoms. The molecule has 0 amide bonds. The van der Waals surface area contributed by atoms with Gasteiger partial charge >= 0.3 is 0 Å². The van der Waals surface area contributed by atoms with Crippen molar-refractivity contribution in [2.75, 3.05) is 13.1 Å². The van der Waals surface area contributed by atoms with Gasteiger partial charge in [0.2, 0.25) is 0 Å². The molecule has 1 aromatic rings. The van der Waals surface area contributed by atoms with Crippen molar-refractivity contribution in [2.24, 2.45) is 5.41 Å². The van der Waals surface area contributed by atoms with E-state index in [0.29, 0.717) is 0 Å². The Hall–Kier alpha value is -1.04. The highest BCUT2D eigenvalue weighted by Crippen LogP contribution is 2.13. The van der Waals surface area contributed by atoms with E-state index in [9.17, 15) is 0 Å². The van der Waals surface area contributed by atoms with Gasteiger partial charge in [-0.3, -0.25) is 4.90 Å². The molecular formula is C18H24BrN. The lowest BCUT2D eigenvalue weighted by Gasteiger charge is -2.18. The van der Waals surface area contributed by atoms with E-state index in [0.717, 1.165) is 24.1 Å². The SMILES string of the molecule is CCN(CC=CC#CC(C)(C)C)Cc1cccc(Br)c1. The van der Waals surface area contributed by atoms with Crippen molar-refractivity contribution in [3.8, 4) is 11.8 Å². The van der Waals surface area contributed by atoms with E-state index < -0.39 is 0 Å². The molecule has 0 heterocycles. The van der Waals surface area contributed by atoms with Crippen LogP contribution in [0, 0.1) is 17.3 Å². The van der Waals surface area contributed by atoms with Crippen LogP contribution in [0.4, 0.5) is 0 Å². The van der Waals surface area contributed by atoms with Gasteiger partial charge < -0.3 is 0 Å². The van der Waals surface area contributed by atoms with Gasteiger partial charge in [0.25, 0.3) is 0 Å². The Balaban J connectivity index is 2.51. The van der Waals surface area contributed by atoms with Crippen molar-refractivity contribution < 1.29 is 0 Å². The van der Waals surface area contributed by atoms with Crippen LogP contribution in [0.2, 0.25) is 0 Å². The first-order valence-corrected chi connectivity index (χ1v) is 7.84. The number of halogens is 1. The van der Waals surface area contributed by atoms with Crippen LogP contribution >= 0.6 is 15.9 Å². The summed E-state index contributed by atoms with van der Waals surface area (Å²) < 4.78 is 1.14. The number of hydrogen-bond acceptors (Lipinski definition) is 1. The summed E-state index contributed by atoms with van der Waals surface area (Å²) in [5.74, 6) is 6.32. The zero-order valence-electron chi connectivity index (χ0n) is 12.9. The summed E-state index contributed by atoms with van der Waals surface area (Å²) in [5.41, 5.74) is 1.40. The number of benzene rings is 1. The molecule has 0 atom stereocenters. The van der Waals surface area contributed by atoms with Crippen molar-refractivity contribution in [2.45, 2.75) is 34.2 Å². The molecule has 2 heteroatoms. The van der Waals surface area contributed by atoms with Crippen molar-refractivity contribution in [3.05, 3.63) is 46.5 Å². The topological polar surface area (TPSA) is 3.24 Å². The Labute approximate surface area is 132 Å². The van der Waals surface area contributed by atoms with Gasteiger partial charge in [-0.25, -0.2) is 0 Å². The molecule has 0 radical (unpaired) electrons. The van der Waals surface area contributed by atoms with Crippen molar-refractivity contribution in [3.63, 3.8) is 0 Å². The highest BCUT2D eigenvalue weighted by Gasteiger charge is 2.03. The summed E-state index contributed by atoms with van der Waals surface area (Å²) in [5, 5.41) is 0. The van der Waals surface area contributed by atoms with E-state index in [4.69, 9.17) is 0 Å². The van der Waals surface area contributed by atoms with Gasteiger partial charge in [-0.2, -0.15) is 0 Å². The van der Waals surface area contributed by atoms with E-state index in [1.54, 1.807) is 0 Å². The summed E-state index contributed by atoms with van der Waals surface area (Å²) in [7, 11) is 0. The van der Waals surface area contributed by atoms with Crippen LogP contribution in [0.5, 0.6) is 0 Å². The van der Waals surface area contributed by atoms with Crippen LogP contribution in [0.15, 0.2) is 40.9 Å². The fraction of sp³-hybridized carbons (Fsp3) is 0.444. The molecule has 1 aromatic carbocycles. The van der Waals surface area contributed by atoms with Crippen LogP contribution in [-0.4, -0.2) is 18.0 Å². The zero-order chi connectivity index (χ0) is 15.0. The van der Waals surface area contributed by atoms with Gasteiger partial charge in [0.15, 0.2) is 0 Å². The largest absolute Gasteiger partial charge is 0.296 e. The lowest BCUT2D eigenvalue weighted by molar-refractivity contribution is 0.311. The average Bonchev–Trinajstić information content (AvgIpc) is 2.35. The molecule has 1 nitrogen and oxygen atoms in total. The summed E-state index contributed by atoms with van der Waals surface area (Å²) in [6.45, 7) is 11.5. The van der Waals surface area contributed by atoms with E-state index in [1.807, 2.05) is 6.08 Å². The Morgan fingerprint density at radius 3 is 2.65 bits per heavy atom. The van der Waals surface area contributed by atoms with E-state index >= 15 is 0 Å². The maximum Gasteiger partial charge on any atom is 0.0237 e. The molecule has 108 valence electrons.